The molecule has 5 rings (SSSR count). The third-order valence-electron chi connectivity index (χ3n) is 6.92. The zero-order chi connectivity index (χ0) is 31.9. The van der Waals surface area contributed by atoms with Gasteiger partial charge >= 0.3 is 12.1 Å². The number of fused-ring (bicyclic) bond motifs is 2. The van der Waals surface area contributed by atoms with Gasteiger partial charge in [-0.1, -0.05) is 42.5 Å². The fraction of sp³-hybridized carbons (Fsp3) is 0.294. The summed E-state index contributed by atoms with van der Waals surface area (Å²) in [6.07, 6.45) is -1.33. The van der Waals surface area contributed by atoms with E-state index in [4.69, 9.17) is 13.9 Å². The van der Waals surface area contributed by atoms with Crippen LogP contribution in [0, 0.1) is 6.92 Å². The van der Waals surface area contributed by atoms with Crippen LogP contribution in [0.15, 0.2) is 87.6 Å². The van der Waals surface area contributed by atoms with Gasteiger partial charge in [0.1, 0.15) is 41.4 Å². The Bertz CT molecular complexity index is 1700. The molecule has 1 aromatic heterocycles. The normalized spacial score (nSPS) is 13.2. The fourth-order valence-corrected chi connectivity index (χ4v) is 4.70. The van der Waals surface area contributed by atoms with Gasteiger partial charge in [-0.2, -0.15) is 13.2 Å². The van der Waals surface area contributed by atoms with Crippen molar-refractivity contribution in [3.63, 3.8) is 0 Å². The van der Waals surface area contributed by atoms with Crippen LogP contribution in [-0.2, 0) is 23.8 Å². The number of phenols is 1. The molecule has 0 saturated heterocycles. The lowest BCUT2D eigenvalue weighted by Crippen LogP contribution is -2.31. The number of halogens is 4. The number of esters is 1. The highest BCUT2D eigenvalue weighted by molar-refractivity contribution is 5.89. The molecular formula is C34H35ClF3NO6. The predicted octanol–water partition coefficient (Wildman–Crippen LogP) is 7.19. The molecule has 0 spiro atoms. The summed E-state index contributed by atoms with van der Waals surface area (Å²) >= 11 is 0. The molecule has 1 aliphatic heterocycles. The molecule has 1 unspecified atom stereocenters. The molecule has 2 heterocycles. The van der Waals surface area contributed by atoms with Crippen molar-refractivity contribution in [2.24, 2.45) is 0 Å². The molecule has 0 amide bonds. The standard InChI is InChI=1S/C19H20F3NO2.C15H14O4.ClH/c1-14(12-15-6-5-9-17(13-15)19(20,21)22)23-10-11-25-18(24)16-7-3-2-4-8-16;1-8-3-4-10-12(18-7-8)6-13-14(15(10)17)11(16)5-9(2)19-13;/h2-9,13-14,23H,10-12H2,1H3;3,5-6,17H,4,7H2,1-2H3;1H. The average molecular weight is 646 g/mol. The number of rotatable bonds is 7. The molecule has 11 heteroatoms. The predicted molar refractivity (Wildman–Crippen MR) is 168 cm³/mol. The molecule has 3 aromatic carbocycles. The second-order valence-electron chi connectivity index (χ2n) is 10.6. The Hall–Kier alpha value is -4.28. The van der Waals surface area contributed by atoms with Gasteiger partial charge in [0, 0.05) is 30.3 Å². The minimum absolute atomic E-state index is 0. The number of aryl methyl sites for hydroxylation is 1. The van der Waals surface area contributed by atoms with Crippen LogP contribution in [0.4, 0.5) is 13.2 Å². The summed E-state index contributed by atoms with van der Waals surface area (Å²) < 4.78 is 54.4. The number of hydrogen-bond donors (Lipinski definition) is 2. The highest BCUT2D eigenvalue weighted by Gasteiger charge is 2.30. The van der Waals surface area contributed by atoms with Gasteiger partial charge < -0.3 is 24.3 Å². The van der Waals surface area contributed by atoms with Crippen molar-refractivity contribution in [3.05, 3.63) is 117 Å². The number of alkyl halides is 3. The number of benzene rings is 3. The highest BCUT2D eigenvalue weighted by Crippen LogP contribution is 2.37. The van der Waals surface area contributed by atoms with Crippen molar-refractivity contribution in [1.29, 1.82) is 0 Å². The SMILES string of the molecule is CC(Cc1cccc(C(F)(F)F)c1)NCCOC(=O)c1ccccc1.CC1=CCc2c(cc3oc(C)cc(=O)c3c2O)OC1.Cl. The lowest BCUT2D eigenvalue weighted by molar-refractivity contribution is -0.137. The first-order chi connectivity index (χ1) is 20.9. The first kappa shape index (κ1) is 35.2. The molecule has 1 aliphatic rings. The van der Waals surface area contributed by atoms with Gasteiger partial charge in [0.2, 0.25) is 0 Å². The quantitative estimate of drug-likeness (QED) is 0.125. The smallest absolute Gasteiger partial charge is 0.416 e. The van der Waals surface area contributed by atoms with Crippen LogP contribution in [0.2, 0.25) is 0 Å². The van der Waals surface area contributed by atoms with E-state index in [1.165, 1.54) is 12.1 Å². The molecule has 0 aliphatic carbocycles. The number of hydrogen-bond acceptors (Lipinski definition) is 7. The largest absolute Gasteiger partial charge is 0.507 e. The number of allylic oxidation sites excluding steroid dienone is 1. The van der Waals surface area contributed by atoms with Crippen LogP contribution in [0.25, 0.3) is 11.0 Å². The van der Waals surface area contributed by atoms with Gasteiger partial charge in [-0.3, -0.25) is 4.79 Å². The van der Waals surface area contributed by atoms with E-state index < -0.39 is 17.7 Å². The number of phenolic OH excluding ortho intramolecular Hbond substituents is 1. The van der Waals surface area contributed by atoms with Gasteiger partial charge in [0.15, 0.2) is 5.43 Å². The summed E-state index contributed by atoms with van der Waals surface area (Å²) in [5, 5.41) is 13.7. The Kier molecular flexibility index (Phi) is 12.2. The highest BCUT2D eigenvalue weighted by atomic mass is 35.5. The number of carbonyl (C=O) groups excluding carboxylic acids is 1. The second kappa shape index (κ2) is 15.6. The van der Waals surface area contributed by atoms with Crippen molar-refractivity contribution in [3.8, 4) is 11.5 Å². The van der Waals surface area contributed by atoms with E-state index in [0.29, 0.717) is 59.8 Å². The molecule has 0 bridgehead atoms. The zero-order valence-electron chi connectivity index (χ0n) is 25.1. The maximum absolute atomic E-state index is 12.7. The average Bonchev–Trinajstić information content (AvgIpc) is 3.16. The van der Waals surface area contributed by atoms with Crippen molar-refractivity contribution in [2.45, 2.75) is 45.8 Å². The Balaban J connectivity index is 0.000000248. The fourth-order valence-electron chi connectivity index (χ4n) is 4.70. The number of carbonyl (C=O) groups is 1. The van der Waals surface area contributed by atoms with Crippen molar-refractivity contribution < 1.29 is 37.0 Å². The maximum Gasteiger partial charge on any atom is 0.416 e. The molecule has 0 radical (unpaired) electrons. The number of aromatic hydroxyl groups is 1. The van der Waals surface area contributed by atoms with Crippen LogP contribution < -0.4 is 15.5 Å². The van der Waals surface area contributed by atoms with Gasteiger partial charge in [-0.05, 0) is 62.9 Å². The third kappa shape index (κ3) is 9.60. The second-order valence-corrected chi connectivity index (χ2v) is 10.6. The Morgan fingerprint density at radius 2 is 1.80 bits per heavy atom. The van der Waals surface area contributed by atoms with E-state index in [9.17, 15) is 27.9 Å². The molecule has 1 atom stereocenters. The first-order valence-corrected chi connectivity index (χ1v) is 14.1. The maximum atomic E-state index is 12.7. The van der Waals surface area contributed by atoms with Gasteiger partial charge in [-0.25, -0.2) is 4.79 Å². The monoisotopic (exact) mass is 645 g/mol. The van der Waals surface area contributed by atoms with Crippen molar-refractivity contribution in [2.75, 3.05) is 19.8 Å². The first-order valence-electron chi connectivity index (χ1n) is 14.1. The summed E-state index contributed by atoms with van der Waals surface area (Å²) in [7, 11) is 0. The number of nitrogens with one attached hydrogen (secondary N) is 1. The van der Waals surface area contributed by atoms with Crippen LogP contribution in [-0.4, -0.2) is 36.9 Å². The van der Waals surface area contributed by atoms with Gasteiger partial charge in [0.05, 0.1) is 11.1 Å². The van der Waals surface area contributed by atoms with E-state index in [2.05, 4.69) is 5.32 Å². The molecule has 0 fully saturated rings. The zero-order valence-corrected chi connectivity index (χ0v) is 25.9. The van der Waals surface area contributed by atoms with Crippen LogP contribution in [0.3, 0.4) is 0 Å². The topological polar surface area (TPSA) is 98.0 Å². The summed E-state index contributed by atoms with van der Waals surface area (Å²) in [6, 6.07) is 17.0. The Labute approximate surface area is 265 Å². The molecule has 2 N–H and O–H groups in total. The van der Waals surface area contributed by atoms with Crippen LogP contribution in [0.1, 0.15) is 46.7 Å². The minimum atomic E-state index is -4.34. The Morgan fingerprint density at radius 1 is 1.07 bits per heavy atom. The van der Waals surface area contributed by atoms with Crippen molar-refractivity contribution >= 4 is 29.3 Å². The van der Waals surface area contributed by atoms with Crippen LogP contribution >= 0.6 is 12.4 Å². The Morgan fingerprint density at radius 3 is 2.51 bits per heavy atom. The van der Waals surface area contributed by atoms with Gasteiger partial charge in [-0.15, -0.1) is 12.4 Å². The third-order valence-corrected chi connectivity index (χ3v) is 6.92. The molecule has 45 heavy (non-hydrogen) atoms. The lowest BCUT2D eigenvalue weighted by Gasteiger charge is -2.15. The summed E-state index contributed by atoms with van der Waals surface area (Å²) in [5.74, 6) is 0.659. The van der Waals surface area contributed by atoms with E-state index in [1.807, 2.05) is 26.0 Å². The van der Waals surface area contributed by atoms with E-state index in [0.717, 1.165) is 17.7 Å². The summed E-state index contributed by atoms with van der Waals surface area (Å²) in [5.41, 5.74) is 2.31. The van der Waals surface area contributed by atoms with E-state index in [1.54, 1.807) is 43.3 Å². The molecule has 240 valence electrons. The van der Waals surface area contributed by atoms with Crippen LogP contribution in [0.5, 0.6) is 11.5 Å². The summed E-state index contributed by atoms with van der Waals surface area (Å²) in [4.78, 5) is 23.7. The molecular weight excluding hydrogens is 611 g/mol. The van der Waals surface area contributed by atoms with E-state index in [-0.39, 0.29) is 41.6 Å². The summed E-state index contributed by atoms with van der Waals surface area (Å²) in [6.45, 7) is 6.65. The lowest BCUT2D eigenvalue weighted by atomic mass is 10.0. The minimum Gasteiger partial charge on any atom is -0.507 e. The molecule has 4 aromatic rings. The van der Waals surface area contributed by atoms with Crippen molar-refractivity contribution in [1.82, 2.24) is 5.32 Å². The molecule has 0 saturated carbocycles. The van der Waals surface area contributed by atoms with Gasteiger partial charge in [0.25, 0.3) is 0 Å². The molecule has 7 nitrogen and oxygen atoms in total. The number of ether oxygens (including phenoxy) is 2. The van der Waals surface area contributed by atoms with E-state index >= 15 is 0 Å².